The van der Waals surface area contributed by atoms with E-state index in [-0.39, 0.29) is 30.5 Å². The van der Waals surface area contributed by atoms with Crippen LogP contribution in [0.4, 0.5) is 0 Å². The van der Waals surface area contributed by atoms with Gasteiger partial charge < -0.3 is 21.1 Å². The van der Waals surface area contributed by atoms with Crippen molar-refractivity contribution in [3.05, 3.63) is 34.9 Å². The molecule has 0 spiro atoms. The van der Waals surface area contributed by atoms with Crippen molar-refractivity contribution in [3.63, 3.8) is 0 Å². The molecule has 20 heavy (non-hydrogen) atoms. The molecule has 7 nitrogen and oxygen atoms in total. The Hall–Kier alpha value is -2.41. The lowest BCUT2D eigenvalue weighted by atomic mass is 10.1. The topological polar surface area (TPSA) is 113 Å². The molecule has 0 atom stereocenters. The summed E-state index contributed by atoms with van der Waals surface area (Å²) in [7, 11) is 0. The fourth-order valence-electron chi connectivity index (χ4n) is 2.06. The third kappa shape index (κ3) is 2.94. The lowest BCUT2D eigenvalue weighted by Gasteiger charge is -2.15. The molecule has 4 N–H and O–H groups in total. The van der Waals surface area contributed by atoms with Crippen LogP contribution in [0.15, 0.2) is 18.2 Å². The second-order valence-electron chi connectivity index (χ2n) is 4.52. The van der Waals surface area contributed by atoms with Crippen LogP contribution in [0.1, 0.15) is 21.5 Å². The van der Waals surface area contributed by atoms with E-state index in [9.17, 15) is 14.4 Å². The Bertz CT molecular complexity index is 571. The third-order valence-corrected chi connectivity index (χ3v) is 3.15. The summed E-state index contributed by atoms with van der Waals surface area (Å²) >= 11 is 0. The zero-order chi connectivity index (χ0) is 14.7. The fraction of sp³-hybridized carbons (Fsp3) is 0.308. The van der Waals surface area contributed by atoms with Gasteiger partial charge in [-0.2, -0.15) is 0 Å². The van der Waals surface area contributed by atoms with Crippen LogP contribution in [0.25, 0.3) is 0 Å². The average molecular weight is 277 g/mol. The molecule has 1 aromatic carbocycles. The van der Waals surface area contributed by atoms with Crippen LogP contribution in [0.2, 0.25) is 0 Å². The summed E-state index contributed by atoms with van der Waals surface area (Å²) in [4.78, 5) is 35.4. The van der Waals surface area contributed by atoms with E-state index < -0.39 is 5.97 Å². The SMILES string of the molecule is NCC(=O)NCC(=O)N1Cc2ccc(C(=O)O)cc2C1. The molecule has 1 aromatic rings. The summed E-state index contributed by atoms with van der Waals surface area (Å²) in [5.74, 6) is -1.60. The number of nitrogens with one attached hydrogen (secondary N) is 1. The largest absolute Gasteiger partial charge is 0.478 e. The number of hydrogen-bond donors (Lipinski definition) is 3. The highest BCUT2D eigenvalue weighted by atomic mass is 16.4. The highest BCUT2D eigenvalue weighted by Crippen LogP contribution is 2.23. The maximum atomic E-state index is 11.9. The van der Waals surface area contributed by atoms with E-state index >= 15 is 0 Å². The normalized spacial score (nSPS) is 12.9. The van der Waals surface area contributed by atoms with Crippen molar-refractivity contribution in [2.75, 3.05) is 13.1 Å². The number of rotatable bonds is 4. The molecule has 1 heterocycles. The number of carboxylic acid groups (broad SMARTS) is 1. The van der Waals surface area contributed by atoms with Gasteiger partial charge in [-0.25, -0.2) is 4.79 Å². The number of benzene rings is 1. The average Bonchev–Trinajstić information content (AvgIpc) is 2.87. The summed E-state index contributed by atoms with van der Waals surface area (Å²) in [5.41, 5.74) is 7.08. The Morgan fingerprint density at radius 2 is 1.95 bits per heavy atom. The number of carbonyl (C=O) groups is 3. The molecule has 2 rings (SSSR count). The molecule has 2 amide bonds. The van der Waals surface area contributed by atoms with Gasteiger partial charge in [-0.3, -0.25) is 9.59 Å². The van der Waals surface area contributed by atoms with Crippen LogP contribution >= 0.6 is 0 Å². The number of hydrogen-bond acceptors (Lipinski definition) is 4. The first-order valence-corrected chi connectivity index (χ1v) is 6.11. The molecule has 0 radical (unpaired) electrons. The fourth-order valence-corrected chi connectivity index (χ4v) is 2.06. The van der Waals surface area contributed by atoms with Crippen LogP contribution < -0.4 is 11.1 Å². The predicted octanol–water partition coefficient (Wildman–Crippen LogP) is -0.698. The number of aromatic carboxylic acids is 1. The summed E-state index contributed by atoms with van der Waals surface area (Å²) < 4.78 is 0. The smallest absolute Gasteiger partial charge is 0.335 e. The minimum Gasteiger partial charge on any atom is -0.478 e. The minimum atomic E-state index is -0.993. The number of nitrogens with two attached hydrogens (primary N) is 1. The first kappa shape index (κ1) is 14.0. The van der Waals surface area contributed by atoms with Gasteiger partial charge in [0.25, 0.3) is 0 Å². The Balaban J connectivity index is 2.00. The maximum Gasteiger partial charge on any atom is 0.335 e. The summed E-state index contributed by atoms with van der Waals surface area (Å²) in [6, 6.07) is 4.80. The van der Waals surface area contributed by atoms with E-state index in [1.54, 1.807) is 17.0 Å². The standard InChI is InChI=1S/C13H15N3O4/c14-4-11(17)15-5-12(18)16-6-9-2-1-8(13(19)20)3-10(9)7-16/h1-3H,4-7,14H2,(H,15,17)(H,19,20). The van der Waals surface area contributed by atoms with Crippen molar-refractivity contribution >= 4 is 17.8 Å². The highest BCUT2D eigenvalue weighted by Gasteiger charge is 2.24. The third-order valence-electron chi connectivity index (χ3n) is 3.15. The van der Waals surface area contributed by atoms with Gasteiger partial charge in [-0.15, -0.1) is 0 Å². The number of carbonyl (C=O) groups excluding carboxylic acids is 2. The zero-order valence-corrected chi connectivity index (χ0v) is 10.8. The van der Waals surface area contributed by atoms with Crippen LogP contribution in [-0.4, -0.2) is 40.9 Å². The van der Waals surface area contributed by atoms with E-state index in [1.807, 2.05) is 0 Å². The molecule has 1 aliphatic heterocycles. The molecule has 0 saturated carbocycles. The second-order valence-corrected chi connectivity index (χ2v) is 4.52. The molecular formula is C13H15N3O4. The van der Waals surface area contributed by atoms with Crippen molar-refractivity contribution < 1.29 is 19.5 Å². The van der Waals surface area contributed by atoms with Gasteiger partial charge in [0.1, 0.15) is 0 Å². The zero-order valence-electron chi connectivity index (χ0n) is 10.8. The van der Waals surface area contributed by atoms with Gasteiger partial charge in [0.05, 0.1) is 18.7 Å². The van der Waals surface area contributed by atoms with Gasteiger partial charge in [-0.1, -0.05) is 6.07 Å². The predicted molar refractivity (Wildman–Crippen MR) is 69.7 cm³/mol. The first-order valence-electron chi connectivity index (χ1n) is 6.11. The molecule has 106 valence electrons. The van der Waals surface area contributed by atoms with Gasteiger partial charge in [-0.05, 0) is 23.3 Å². The van der Waals surface area contributed by atoms with E-state index in [0.717, 1.165) is 11.1 Å². The molecule has 0 unspecified atom stereocenters. The number of fused-ring (bicyclic) bond motifs is 1. The Kier molecular flexibility index (Phi) is 3.99. The van der Waals surface area contributed by atoms with Crippen molar-refractivity contribution in [1.82, 2.24) is 10.2 Å². The van der Waals surface area contributed by atoms with Gasteiger partial charge >= 0.3 is 5.97 Å². The Morgan fingerprint density at radius 1 is 1.25 bits per heavy atom. The molecule has 0 fully saturated rings. The van der Waals surface area contributed by atoms with Crippen molar-refractivity contribution in [2.45, 2.75) is 13.1 Å². The van der Waals surface area contributed by atoms with Crippen LogP contribution in [0, 0.1) is 0 Å². The number of carboxylic acids is 1. The Labute approximate surface area is 115 Å². The lowest BCUT2D eigenvalue weighted by Crippen LogP contribution is -2.39. The molecule has 7 heteroatoms. The summed E-state index contributed by atoms with van der Waals surface area (Å²) in [6.07, 6.45) is 0. The van der Waals surface area contributed by atoms with E-state index in [0.29, 0.717) is 13.1 Å². The van der Waals surface area contributed by atoms with Gasteiger partial charge in [0.15, 0.2) is 0 Å². The van der Waals surface area contributed by atoms with Crippen molar-refractivity contribution in [1.29, 1.82) is 0 Å². The van der Waals surface area contributed by atoms with Gasteiger partial charge in [0, 0.05) is 13.1 Å². The number of amides is 2. The van der Waals surface area contributed by atoms with Crippen molar-refractivity contribution in [3.8, 4) is 0 Å². The first-order chi connectivity index (χ1) is 9.51. The minimum absolute atomic E-state index is 0.101. The molecule has 0 aliphatic carbocycles. The summed E-state index contributed by atoms with van der Waals surface area (Å²) in [6.45, 7) is 0.519. The van der Waals surface area contributed by atoms with E-state index in [2.05, 4.69) is 5.32 Å². The highest BCUT2D eigenvalue weighted by molar-refractivity contribution is 5.88. The quantitative estimate of drug-likeness (QED) is 0.673. The van der Waals surface area contributed by atoms with Crippen LogP contribution in [0.3, 0.4) is 0 Å². The van der Waals surface area contributed by atoms with Gasteiger partial charge in [0.2, 0.25) is 11.8 Å². The summed E-state index contributed by atoms with van der Waals surface area (Å²) in [5, 5.41) is 11.3. The van der Waals surface area contributed by atoms with Crippen LogP contribution in [-0.2, 0) is 22.7 Å². The van der Waals surface area contributed by atoms with Crippen molar-refractivity contribution in [2.24, 2.45) is 5.73 Å². The lowest BCUT2D eigenvalue weighted by molar-refractivity contribution is -0.133. The molecule has 1 aliphatic rings. The van der Waals surface area contributed by atoms with Crippen LogP contribution in [0.5, 0.6) is 0 Å². The Morgan fingerprint density at radius 3 is 2.60 bits per heavy atom. The molecule has 0 aromatic heterocycles. The molecule has 0 bridgehead atoms. The molecule has 0 saturated heterocycles. The van der Waals surface area contributed by atoms with E-state index in [4.69, 9.17) is 10.8 Å². The maximum absolute atomic E-state index is 11.9. The van der Waals surface area contributed by atoms with E-state index in [1.165, 1.54) is 6.07 Å². The number of nitrogens with zero attached hydrogens (tertiary/aromatic N) is 1. The second kappa shape index (κ2) is 5.70. The molecular weight excluding hydrogens is 262 g/mol. The monoisotopic (exact) mass is 277 g/mol.